The number of ketones is 1. The molecule has 0 spiro atoms. The van der Waals surface area contributed by atoms with Gasteiger partial charge in [0.25, 0.3) is 5.56 Å². The number of nitrogens with zero attached hydrogens (tertiary/aromatic N) is 2. The second-order valence-electron chi connectivity index (χ2n) is 7.94. The molecule has 9 heteroatoms. The van der Waals surface area contributed by atoms with Crippen molar-refractivity contribution < 1.29 is 23.0 Å². The Hall–Kier alpha value is -2.83. The van der Waals surface area contributed by atoms with Crippen molar-refractivity contribution in [3.63, 3.8) is 0 Å². The number of carbonyl (C=O) groups excluding carboxylic acids is 1. The van der Waals surface area contributed by atoms with E-state index < -0.39 is 12.0 Å². The summed E-state index contributed by atoms with van der Waals surface area (Å²) in [6.45, 7) is 5.38. The normalized spacial score (nSPS) is 13.2. The maximum absolute atomic E-state index is 13.1. The summed E-state index contributed by atoms with van der Waals surface area (Å²) in [5, 5.41) is 9.71. The zero-order valence-electron chi connectivity index (χ0n) is 18.5. The van der Waals surface area contributed by atoms with Gasteiger partial charge in [0, 0.05) is 25.2 Å². The van der Waals surface area contributed by atoms with Crippen LogP contribution in [0.3, 0.4) is 0 Å². The van der Waals surface area contributed by atoms with E-state index in [1.807, 2.05) is 13.0 Å². The summed E-state index contributed by atoms with van der Waals surface area (Å²) in [7, 11) is 0. The summed E-state index contributed by atoms with van der Waals surface area (Å²) in [5.74, 6) is -0.340. The van der Waals surface area contributed by atoms with Crippen LogP contribution in [0.2, 0.25) is 0 Å². The van der Waals surface area contributed by atoms with Gasteiger partial charge in [0.15, 0.2) is 5.78 Å². The number of aromatic nitrogens is 1. The third kappa shape index (κ3) is 6.58. The van der Waals surface area contributed by atoms with Gasteiger partial charge >= 0.3 is 6.61 Å². The number of hydrogen-bond acceptors (Lipinski definition) is 6. The van der Waals surface area contributed by atoms with Crippen molar-refractivity contribution in [3.8, 4) is 11.8 Å². The van der Waals surface area contributed by atoms with Crippen molar-refractivity contribution in [3.05, 3.63) is 49.4 Å². The van der Waals surface area contributed by atoms with E-state index in [0.29, 0.717) is 40.9 Å². The molecule has 1 heterocycles. The Balaban J connectivity index is 2.62. The lowest BCUT2D eigenvalue weighted by Gasteiger charge is -2.15. The molecule has 172 valence electrons. The molecule has 32 heavy (non-hydrogen) atoms. The Morgan fingerprint density at radius 2 is 1.94 bits per heavy atom. The summed E-state index contributed by atoms with van der Waals surface area (Å²) in [6, 6.07) is 7.83. The number of halogens is 2. The predicted molar refractivity (Wildman–Crippen MR) is 119 cm³/mol. The highest BCUT2D eigenvalue weighted by molar-refractivity contribution is 7.07. The molecular weight excluding hydrogens is 438 g/mol. The van der Waals surface area contributed by atoms with Gasteiger partial charge in [0.1, 0.15) is 22.1 Å². The van der Waals surface area contributed by atoms with Crippen LogP contribution >= 0.6 is 11.3 Å². The lowest BCUT2D eigenvalue weighted by atomic mass is 9.87. The molecule has 0 saturated heterocycles. The molecule has 0 radical (unpaired) electrons. The van der Waals surface area contributed by atoms with Crippen LogP contribution < -0.4 is 19.5 Å². The minimum Gasteiger partial charge on any atom is -0.435 e. The average molecular weight is 465 g/mol. The Labute approximate surface area is 189 Å². The Kier molecular flexibility index (Phi) is 8.87. The fourth-order valence-corrected chi connectivity index (χ4v) is 3.97. The summed E-state index contributed by atoms with van der Waals surface area (Å²) >= 11 is 1.06. The van der Waals surface area contributed by atoms with Gasteiger partial charge in [-0.2, -0.15) is 14.0 Å². The van der Waals surface area contributed by atoms with E-state index in [-0.39, 0.29) is 22.7 Å². The first-order chi connectivity index (χ1) is 15.1. The number of rotatable bonds is 9. The van der Waals surface area contributed by atoms with Gasteiger partial charge < -0.3 is 9.47 Å². The molecule has 0 bridgehead atoms. The largest absolute Gasteiger partial charge is 0.435 e. The Morgan fingerprint density at radius 1 is 1.28 bits per heavy atom. The Bertz CT molecular complexity index is 1150. The highest BCUT2D eigenvalue weighted by Crippen LogP contribution is 2.19. The second kappa shape index (κ2) is 11.2. The first kappa shape index (κ1) is 25.4. The quantitative estimate of drug-likeness (QED) is 0.533. The fraction of sp³-hybridized carbons (Fsp3) is 0.435. The molecule has 0 amide bonds. The molecular formula is C23H26F2N2O4S. The minimum atomic E-state index is -2.92. The van der Waals surface area contributed by atoms with Gasteiger partial charge in [-0.3, -0.25) is 14.2 Å². The van der Waals surface area contributed by atoms with Crippen molar-refractivity contribution in [1.82, 2.24) is 4.57 Å². The first-order valence-electron chi connectivity index (χ1n) is 10.1. The minimum absolute atomic E-state index is 0.00762. The van der Waals surface area contributed by atoms with Crippen LogP contribution in [0.1, 0.15) is 39.7 Å². The molecule has 1 aromatic heterocycles. The van der Waals surface area contributed by atoms with E-state index in [1.165, 1.54) is 16.7 Å². The summed E-state index contributed by atoms with van der Waals surface area (Å²) in [5.41, 5.74) is -0.579. The maximum atomic E-state index is 13.1. The van der Waals surface area contributed by atoms with E-state index in [0.717, 1.165) is 11.3 Å². The molecule has 0 atom stereocenters. The number of thiazole rings is 1. The molecule has 2 aromatic rings. The zero-order chi connectivity index (χ0) is 23.9. The van der Waals surface area contributed by atoms with Crippen LogP contribution in [0.5, 0.6) is 5.75 Å². The molecule has 2 rings (SSSR count). The monoisotopic (exact) mass is 464 g/mol. The van der Waals surface area contributed by atoms with Gasteiger partial charge in [-0.15, -0.1) is 11.3 Å². The predicted octanol–water partition coefficient (Wildman–Crippen LogP) is 3.06. The summed E-state index contributed by atoms with van der Waals surface area (Å²) in [4.78, 5) is 26.0. The number of alkyl halides is 2. The number of nitriles is 1. The van der Waals surface area contributed by atoms with E-state index in [1.54, 1.807) is 39.0 Å². The zero-order valence-corrected chi connectivity index (χ0v) is 19.3. The summed E-state index contributed by atoms with van der Waals surface area (Å²) in [6.07, 6.45) is 2.14. The lowest BCUT2D eigenvalue weighted by molar-refractivity contribution is -0.120. The third-order valence-electron chi connectivity index (χ3n) is 4.42. The fourth-order valence-electron chi connectivity index (χ4n) is 2.85. The topological polar surface area (TPSA) is 81.3 Å². The van der Waals surface area contributed by atoms with Gasteiger partial charge in [0.2, 0.25) is 0 Å². The summed E-state index contributed by atoms with van der Waals surface area (Å²) < 4.78 is 36.4. The molecule has 0 fully saturated rings. The lowest BCUT2D eigenvalue weighted by Crippen LogP contribution is -2.34. The third-order valence-corrected chi connectivity index (χ3v) is 5.55. The standard InChI is InChI=1S/C23H26F2N2O4S/c1-5-30-12-6-11-27-20(29)18(13-15-7-9-16(10-8-15)31-22(24)25)32-21(27)17(14-26)19(28)23(2,3)4/h7-10,13,22H,5-6,11-12H2,1-4H3/b18-13-,21-17-. The van der Waals surface area contributed by atoms with Crippen molar-refractivity contribution >= 4 is 28.8 Å². The first-order valence-corrected chi connectivity index (χ1v) is 10.9. The maximum Gasteiger partial charge on any atom is 0.387 e. The van der Waals surface area contributed by atoms with Crippen molar-refractivity contribution in [2.45, 2.75) is 47.3 Å². The second-order valence-corrected chi connectivity index (χ2v) is 8.97. The van der Waals surface area contributed by atoms with Gasteiger partial charge in [-0.05, 0) is 37.1 Å². The van der Waals surface area contributed by atoms with Crippen LogP contribution in [-0.4, -0.2) is 30.2 Å². The van der Waals surface area contributed by atoms with Crippen molar-refractivity contribution in [1.29, 1.82) is 5.26 Å². The number of Topliss-reactive ketones (excluding diaryl/α,β-unsaturated/α-hetero) is 1. The SMILES string of the molecule is CCOCCCn1c(=O)/c(=C/c2ccc(OC(F)F)cc2)s/c1=C(/C#N)C(=O)C(C)(C)C. The van der Waals surface area contributed by atoms with Gasteiger partial charge in [-0.25, -0.2) is 0 Å². The van der Waals surface area contributed by atoms with Crippen molar-refractivity contribution in [2.75, 3.05) is 13.2 Å². The molecule has 0 aliphatic carbocycles. The van der Waals surface area contributed by atoms with E-state index >= 15 is 0 Å². The number of ether oxygens (including phenoxy) is 2. The number of benzene rings is 1. The van der Waals surface area contributed by atoms with E-state index in [9.17, 15) is 23.6 Å². The highest BCUT2D eigenvalue weighted by Gasteiger charge is 2.27. The number of hydrogen-bond donors (Lipinski definition) is 0. The molecule has 0 N–H and O–H groups in total. The molecule has 0 aliphatic heterocycles. The van der Waals surface area contributed by atoms with E-state index in [2.05, 4.69) is 4.74 Å². The molecule has 0 saturated carbocycles. The molecule has 0 unspecified atom stereocenters. The van der Waals surface area contributed by atoms with Gasteiger partial charge in [0.05, 0.1) is 4.53 Å². The van der Waals surface area contributed by atoms with Crippen LogP contribution in [0.25, 0.3) is 11.6 Å². The molecule has 0 aliphatic rings. The van der Waals surface area contributed by atoms with Crippen LogP contribution in [0, 0.1) is 16.7 Å². The Morgan fingerprint density at radius 3 is 2.47 bits per heavy atom. The highest BCUT2D eigenvalue weighted by atomic mass is 32.1. The smallest absolute Gasteiger partial charge is 0.387 e. The average Bonchev–Trinajstić information content (AvgIpc) is 3.01. The van der Waals surface area contributed by atoms with E-state index in [4.69, 9.17) is 4.74 Å². The van der Waals surface area contributed by atoms with Crippen molar-refractivity contribution in [2.24, 2.45) is 5.41 Å². The van der Waals surface area contributed by atoms with Crippen LogP contribution in [0.15, 0.2) is 29.1 Å². The molecule has 6 nitrogen and oxygen atoms in total. The van der Waals surface area contributed by atoms with Crippen LogP contribution in [-0.2, 0) is 16.1 Å². The van der Waals surface area contributed by atoms with Crippen LogP contribution in [0.4, 0.5) is 8.78 Å². The van der Waals surface area contributed by atoms with Gasteiger partial charge in [-0.1, -0.05) is 32.9 Å². The number of carbonyl (C=O) groups is 1. The molecule has 1 aromatic carbocycles.